The first-order chi connectivity index (χ1) is 10.2. The third-order valence-electron chi connectivity index (χ3n) is 2.29. The number of pyridine rings is 1. The lowest BCUT2D eigenvalue weighted by Crippen LogP contribution is -2.30. The van der Waals surface area contributed by atoms with E-state index in [9.17, 15) is 9.18 Å². The van der Waals surface area contributed by atoms with E-state index in [4.69, 9.17) is 4.74 Å². The van der Waals surface area contributed by atoms with Crippen LogP contribution in [0, 0.1) is 5.82 Å². The first kappa shape index (κ1) is 14.4. The van der Waals surface area contributed by atoms with Crippen LogP contribution in [0.15, 0.2) is 43.4 Å². The second kappa shape index (κ2) is 6.94. The molecule has 1 amide bonds. The largest absolute Gasteiger partial charge is 0.459 e. The number of carbonyl (C=O) groups excluding carboxylic acids is 1. The van der Waals surface area contributed by atoms with Crippen LogP contribution in [0.4, 0.5) is 10.2 Å². The predicted molar refractivity (Wildman–Crippen MR) is 73.0 cm³/mol. The lowest BCUT2D eigenvalue weighted by molar-refractivity contribution is 0.0962. The lowest BCUT2D eigenvalue weighted by Gasteiger charge is -2.09. The average molecular weight is 289 g/mol. The van der Waals surface area contributed by atoms with E-state index < -0.39 is 11.7 Å². The second-order valence-electron chi connectivity index (χ2n) is 3.76. The van der Waals surface area contributed by atoms with Crippen LogP contribution < -0.4 is 15.6 Å². The van der Waals surface area contributed by atoms with E-state index in [-0.39, 0.29) is 18.4 Å². The fourth-order valence-corrected chi connectivity index (χ4v) is 1.33. The quantitative estimate of drug-likeness (QED) is 0.616. The molecular formula is C13H12FN5O2. The Morgan fingerprint density at radius 1 is 1.43 bits per heavy atom. The molecule has 0 saturated carbocycles. The maximum absolute atomic E-state index is 13.5. The molecule has 7 nitrogen and oxygen atoms in total. The van der Waals surface area contributed by atoms with E-state index in [0.717, 1.165) is 6.20 Å². The van der Waals surface area contributed by atoms with Gasteiger partial charge in [-0.15, -0.1) is 0 Å². The van der Waals surface area contributed by atoms with E-state index in [1.807, 2.05) is 0 Å². The molecule has 2 N–H and O–H groups in total. The number of amides is 1. The third-order valence-corrected chi connectivity index (χ3v) is 2.29. The highest BCUT2D eigenvalue weighted by Gasteiger charge is 2.10. The fraction of sp³-hybridized carbons (Fsp3) is 0.0769. The Morgan fingerprint density at radius 2 is 2.19 bits per heavy atom. The third kappa shape index (κ3) is 3.96. The molecule has 0 bridgehead atoms. The molecule has 0 aromatic carbocycles. The summed E-state index contributed by atoms with van der Waals surface area (Å²) in [5.74, 6) is -1.38. The highest BCUT2D eigenvalue weighted by atomic mass is 19.1. The summed E-state index contributed by atoms with van der Waals surface area (Å²) in [4.78, 5) is 23.0. The summed E-state index contributed by atoms with van der Waals surface area (Å²) in [5.41, 5.74) is 5.06. The monoisotopic (exact) mass is 289 g/mol. The van der Waals surface area contributed by atoms with Gasteiger partial charge in [-0.1, -0.05) is 12.7 Å². The Bertz CT molecular complexity index is 636. The predicted octanol–water partition coefficient (Wildman–Crippen LogP) is 1.33. The summed E-state index contributed by atoms with van der Waals surface area (Å²) in [6.45, 7) is 3.67. The van der Waals surface area contributed by atoms with Gasteiger partial charge >= 0.3 is 6.01 Å². The zero-order valence-corrected chi connectivity index (χ0v) is 10.9. The van der Waals surface area contributed by atoms with Crippen molar-refractivity contribution in [2.75, 3.05) is 12.0 Å². The van der Waals surface area contributed by atoms with Crippen molar-refractivity contribution in [3.05, 3.63) is 54.8 Å². The molecule has 8 heteroatoms. The van der Waals surface area contributed by atoms with Gasteiger partial charge in [-0.3, -0.25) is 20.6 Å². The van der Waals surface area contributed by atoms with Crippen molar-refractivity contribution in [3.8, 4) is 6.01 Å². The maximum Gasteiger partial charge on any atom is 0.318 e. The minimum Gasteiger partial charge on any atom is -0.459 e. The molecule has 0 saturated heterocycles. The number of hydrazine groups is 1. The van der Waals surface area contributed by atoms with Crippen molar-refractivity contribution in [2.45, 2.75) is 0 Å². The van der Waals surface area contributed by atoms with Gasteiger partial charge in [-0.25, -0.2) is 9.37 Å². The second-order valence-corrected chi connectivity index (χ2v) is 3.76. The van der Waals surface area contributed by atoms with Gasteiger partial charge in [0.05, 0.1) is 6.20 Å². The van der Waals surface area contributed by atoms with Crippen molar-refractivity contribution in [2.24, 2.45) is 0 Å². The molecule has 2 aromatic rings. The van der Waals surface area contributed by atoms with Crippen LogP contribution in [0.2, 0.25) is 0 Å². The Balaban J connectivity index is 2.02. The zero-order valence-electron chi connectivity index (χ0n) is 10.9. The number of hydrogen-bond donors (Lipinski definition) is 2. The van der Waals surface area contributed by atoms with Crippen molar-refractivity contribution in [1.29, 1.82) is 0 Å². The Labute approximate surface area is 119 Å². The molecule has 2 aromatic heterocycles. The number of halogens is 1. The number of nitrogens with one attached hydrogen (secondary N) is 2. The van der Waals surface area contributed by atoms with Crippen molar-refractivity contribution in [3.63, 3.8) is 0 Å². The number of ether oxygens (including phenoxy) is 1. The summed E-state index contributed by atoms with van der Waals surface area (Å²) < 4.78 is 18.6. The summed E-state index contributed by atoms with van der Waals surface area (Å²) in [6, 6.07) is 3.01. The SMILES string of the molecule is C=CCOc1ncc(F)c(NNC(=O)c2ccncc2)n1. The van der Waals surface area contributed by atoms with Crippen LogP contribution in [0.3, 0.4) is 0 Å². The summed E-state index contributed by atoms with van der Waals surface area (Å²) in [5, 5.41) is 0. The Hall–Kier alpha value is -3.03. The van der Waals surface area contributed by atoms with Crippen molar-refractivity contribution in [1.82, 2.24) is 20.4 Å². The van der Waals surface area contributed by atoms with Gasteiger partial charge in [0.15, 0.2) is 11.6 Å². The molecule has 0 fully saturated rings. The normalized spacial score (nSPS) is 9.76. The molecule has 2 rings (SSSR count). The fourth-order valence-electron chi connectivity index (χ4n) is 1.33. The van der Waals surface area contributed by atoms with E-state index >= 15 is 0 Å². The van der Waals surface area contributed by atoms with E-state index in [2.05, 4.69) is 32.4 Å². The smallest absolute Gasteiger partial charge is 0.318 e. The number of anilines is 1. The van der Waals surface area contributed by atoms with E-state index in [1.54, 1.807) is 0 Å². The molecule has 0 spiro atoms. The average Bonchev–Trinajstić information content (AvgIpc) is 2.53. The number of rotatable bonds is 6. The van der Waals surface area contributed by atoms with Gasteiger partial charge in [0.25, 0.3) is 5.91 Å². The summed E-state index contributed by atoms with van der Waals surface area (Å²) in [6.07, 6.45) is 5.39. The molecular weight excluding hydrogens is 277 g/mol. The highest BCUT2D eigenvalue weighted by Crippen LogP contribution is 2.12. The van der Waals surface area contributed by atoms with Crippen molar-refractivity contribution < 1.29 is 13.9 Å². The molecule has 2 heterocycles. The number of aromatic nitrogens is 3. The van der Waals surface area contributed by atoms with Gasteiger partial charge in [0.2, 0.25) is 0 Å². The lowest BCUT2D eigenvalue weighted by atomic mass is 10.3. The maximum atomic E-state index is 13.5. The van der Waals surface area contributed by atoms with Gasteiger partial charge in [-0.05, 0) is 12.1 Å². The van der Waals surface area contributed by atoms with Gasteiger partial charge in [0.1, 0.15) is 6.61 Å². The Morgan fingerprint density at radius 3 is 2.90 bits per heavy atom. The van der Waals surface area contributed by atoms with Crippen LogP contribution >= 0.6 is 0 Å². The molecule has 0 aliphatic rings. The van der Waals surface area contributed by atoms with Gasteiger partial charge in [-0.2, -0.15) is 4.98 Å². The van der Waals surface area contributed by atoms with E-state index in [1.165, 1.54) is 30.6 Å². The molecule has 0 radical (unpaired) electrons. The molecule has 21 heavy (non-hydrogen) atoms. The Kier molecular flexibility index (Phi) is 4.75. The zero-order chi connectivity index (χ0) is 15.1. The number of nitrogens with zero attached hydrogens (tertiary/aromatic N) is 3. The first-order valence-corrected chi connectivity index (χ1v) is 5.93. The molecule has 0 aliphatic carbocycles. The van der Waals surface area contributed by atoms with E-state index in [0.29, 0.717) is 5.56 Å². The van der Waals surface area contributed by atoms with Gasteiger partial charge < -0.3 is 4.74 Å². The minimum absolute atomic E-state index is 0.0306. The number of hydrogen-bond acceptors (Lipinski definition) is 6. The molecule has 0 atom stereocenters. The first-order valence-electron chi connectivity index (χ1n) is 5.93. The number of carbonyl (C=O) groups is 1. The van der Waals surface area contributed by atoms with Crippen molar-refractivity contribution >= 4 is 11.7 Å². The van der Waals surface area contributed by atoms with Gasteiger partial charge in [0, 0.05) is 18.0 Å². The van der Waals surface area contributed by atoms with Crippen LogP contribution in [0.25, 0.3) is 0 Å². The topological polar surface area (TPSA) is 89.0 Å². The molecule has 0 aliphatic heterocycles. The van der Waals surface area contributed by atoms with Crippen LogP contribution in [0.1, 0.15) is 10.4 Å². The minimum atomic E-state index is -0.726. The van der Waals surface area contributed by atoms with Crippen LogP contribution in [-0.2, 0) is 0 Å². The highest BCUT2D eigenvalue weighted by molar-refractivity contribution is 5.94. The van der Waals surface area contributed by atoms with Crippen LogP contribution in [0.5, 0.6) is 6.01 Å². The summed E-state index contributed by atoms with van der Waals surface area (Å²) >= 11 is 0. The summed E-state index contributed by atoms with van der Waals surface area (Å²) in [7, 11) is 0. The molecule has 0 unspecified atom stereocenters. The standard InChI is InChI=1S/C13H12FN5O2/c1-2-7-21-13-16-8-10(14)11(17-13)18-19-12(20)9-3-5-15-6-4-9/h2-6,8H,1,7H2,(H,19,20)(H,16,17,18). The molecule has 108 valence electrons. The van der Waals surface area contributed by atoms with Crippen LogP contribution in [-0.4, -0.2) is 27.5 Å².